The molecule has 3 heteroatoms. The molecule has 1 unspecified atom stereocenters. The summed E-state index contributed by atoms with van der Waals surface area (Å²) >= 11 is 0. The molecule has 1 aliphatic carbocycles. The number of H-pyrrole nitrogens is 1. The molecule has 1 aromatic carbocycles. The topological polar surface area (TPSA) is 45.2 Å². The summed E-state index contributed by atoms with van der Waals surface area (Å²) < 4.78 is 5.25. The molecule has 0 radical (unpaired) electrons. The number of aliphatic hydroxyl groups is 1. The van der Waals surface area contributed by atoms with Crippen molar-refractivity contribution in [3.8, 4) is 5.75 Å². The molecule has 2 aromatic rings. The lowest BCUT2D eigenvalue weighted by Gasteiger charge is -2.08. The second kappa shape index (κ2) is 4.08. The maximum Gasteiger partial charge on any atom is 0.119 e. The van der Waals surface area contributed by atoms with Gasteiger partial charge in [0.2, 0.25) is 0 Å². The van der Waals surface area contributed by atoms with Crippen LogP contribution in [-0.4, -0.2) is 17.2 Å². The van der Waals surface area contributed by atoms with E-state index in [0.717, 1.165) is 47.9 Å². The number of rotatable bonds is 1. The Morgan fingerprint density at radius 1 is 1.35 bits per heavy atom. The second-order valence-electron chi connectivity index (χ2n) is 4.69. The zero-order chi connectivity index (χ0) is 11.8. The molecule has 1 atom stereocenters. The Morgan fingerprint density at radius 2 is 2.24 bits per heavy atom. The molecular formula is C14H17NO2. The normalized spacial score (nSPS) is 20.0. The number of aromatic nitrogens is 1. The fourth-order valence-electron chi connectivity index (χ4n) is 2.74. The van der Waals surface area contributed by atoms with Crippen LogP contribution >= 0.6 is 0 Å². The molecular weight excluding hydrogens is 214 g/mol. The van der Waals surface area contributed by atoms with Crippen LogP contribution in [0.4, 0.5) is 0 Å². The first kappa shape index (κ1) is 10.7. The molecule has 0 spiro atoms. The van der Waals surface area contributed by atoms with Crippen molar-refractivity contribution in [2.45, 2.75) is 31.8 Å². The van der Waals surface area contributed by atoms with E-state index in [4.69, 9.17) is 4.74 Å². The Labute approximate surface area is 100 Å². The number of ether oxygens (including phenoxy) is 1. The van der Waals surface area contributed by atoms with Gasteiger partial charge in [0, 0.05) is 22.2 Å². The van der Waals surface area contributed by atoms with E-state index in [0.29, 0.717) is 0 Å². The Kier molecular flexibility index (Phi) is 2.56. The highest BCUT2D eigenvalue weighted by molar-refractivity contribution is 5.86. The van der Waals surface area contributed by atoms with Gasteiger partial charge in [0.25, 0.3) is 0 Å². The van der Waals surface area contributed by atoms with Crippen molar-refractivity contribution in [3.05, 3.63) is 29.5 Å². The van der Waals surface area contributed by atoms with Gasteiger partial charge in [-0.1, -0.05) is 6.42 Å². The average Bonchev–Trinajstić information content (AvgIpc) is 2.61. The van der Waals surface area contributed by atoms with E-state index in [9.17, 15) is 5.11 Å². The lowest BCUT2D eigenvalue weighted by atomic mass is 10.0. The van der Waals surface area contributed by atoms with Crippen LogP contribution in [-0.2, 0) is 6.42 Å². The minimum atomic E-state index is -0.339. The number of methoxy groups -OCH3 is 1. The van der Waals surface area contributed by atoms with Gasteiger partial charge in [-0.25, -0.2) is 0 Å². The highest BCUT2D eigenvalue weighted by Crippen LogP contribution is 2.35. The molecule has 0 saturated heterocycles. The molecule has 17 heavy (non-hydrogen) atoms. The van der Waals surface area contributed by atoms with Crippen molar-refractivity contribution < 1.29 is 9.84 Å². The molecule has 2 N–H and O–H groups in total. The van der Waals surface area contributed by atoms with Crippen LogP contribution in [0.5, 0.6) is 5.75 Å². The first-order chi connectivity index (χ1) is 8.29. The van der Waals surface area contributed by atoms with E-state index >= 15 is 0 Å². The van der Waals surface area contributed by atoms with Crippen LogP contribution in [0.3, 0.4) is 0 Å². The van der Waals surface area contributed by atoms with E-state index in [-0.39, 0.29) is 6.10 Å². The minimum absolute atomic E-state index is 0.339. The molecule has 0 aliphatic heterocycles. The fourth-order valence-corrected chi connectivity index (χ4v) is 2.74. The Morgan fingerprint density at radius 3 is 3.06 bits per heavy atom. The van der Waals surface area contributed by atoms with Gasteiger partial charge in [0.15, 0.2) is 0 Å². The van der Waals surface area contributed by atoms with Crippen molar-refractivity contribution in [2.75, 3.05) is 7.11 Å². The summed E-state index contributed by atoms with van der Waals surface area (Å²) in [5.74, 6) is 0.843. The second-order valence-corrected chi connectivity index (χ2v) is 4.69. The van der Waals surface area contributed by atoms with Crippen molar-refractivity contribution >= 4 is 10.9 Å². The van der Waals surface area contributed by atoms with Gasteiger partial charge in [0.1, 0.15) is 5.75 Å². The number of fused-ring (bicyclic) bond motifs is 3. The summed E-state index contributed by atoms with van der Waals surface area (Å²) in [5.41, 5.74) is 3.37. The van der Waals surface area contributed by atoms with E-state index in [2.05, 4.69) is 4.98 Å². The molecule has 0 fully saturated rings. The molecule has 0 amide bonds. The van der Waals surface area contributed by atoms with Crippen LogP contribution < -0.4 is 4.74 Å². The molecule has 3 nitrogen and oxygen atoms in total. The predicted octanol–water partition coefficient (Wildman–Crippen LogP) is 2.94. The molecule has 0 saturated carbocycles. The molecule has 1 aliphatic rings. The summed E-state index contributed by atoms with van der Waals surface area (Å²) in [6.07, 6.45) is 3.79. The third-order valence-corrected chi connectivity index (χ3v) is 3.62. The maximum absolute atomic E-state index is 10.2. The van der Waals surface area contributed by atoms with Gasteiger partial charge in [0.05, 0.1) is 13.2 Å². The monoisotopic (exact) mass is 231 g/mol. The van der Waals surface area contributed by atoms with E-state index < -0.39 is 0 Å². The van der Waals surface area contributed by atoms with Crippen LogP contribution in [0, 0.1) is 0 Å². The van der Waals surface area contributed by atoms with Gasteiger partial charge in [-0.2, -0.15) is 0 Å². The summed E-state index contributed by atoms with van der Waals surface area (Å²) in [6.45, 7) is 0. The number of nitrogens with one attached hydrogen (secondary N) is 1. The Bertz CT molecular complexity index is 544. The number of hydrogen-bond donors (Lipinski definition) is 2. The third-order valence-electron chi connectivity index (χ3n) is 3.62. The van der Waals surface area contributed by atoms with Crippen LogP contribution in [0.1, 0.15) is 36.6 Å². The first-order valence-corrected chi connectivity index (χ1v) is 6.16. The molecule has 1 heterocycles. The van der Waals surface area contributed by atoms with Gasteiger partial charge in [-0.15, -0.1) is 0 Å². The van der Waals surface area contributed by atoms with Crippen LogP contribution in [0.15, 0.2) is 18.2 Å². The molecule has 1 aromatic heterocycles. The minimum Gasteiger partial charge on any atom is -0.497 e. The SMILES string of the molecule is COc1ccc2[nH]c3c(c2c1)C(O)CCCC3. The van der Waals surface area contributed by atoms with Crippen molar-refractivity contribution in [1.82, 2.24) is 4.98 Å². The van der Waals surface area contributed by atoms with Crippen molar-refractivity contribution in [2.24, 2.45) is 0 Å². The number of aliphatic hydroxyl groups excluding tert-OH is 1. The maximum atomic E-state index is 10.2. The summed E-state index contributed by atoms with van der Waals surface area (Å²) in [7, 11) is 1.67. The van der Waals surface area contributed by atoms with E-state index in [1.807, 2.05) is 18.2 Å². The zero-order valence-corrected chi connectivity index (χ0v) is 9.99. The largest absolute Gasteiger partial charge is 0.497 e. The predicted molar refractivity (Wildman–Crippen MR) is 67.4 cm³/mol. The van der Waals surface area contributed by atoms with Crippen LogP contribution in [0.2, 0.25) is 0 Å². The number of benzene rings is 1. The van der Waals surface area contributed by atoms with Gasteiger partial charge in [-0.05, 0) is 37.5 Å². The third kappa shape index (κ3) is 1.71. The molecule has 3 rings (SSSR count). The molecule has 0 bridgehead atoms. The average molecular weight is 231 g/mol. The smallest absolute Gasteiger partial charge is 0.119 e. The van der Waals surface area contributed by atoms with E-state index in [1.54, 1.807) is 7.11 Å². The van der Waals surface area contributed by atoms with Crippen molar-refractivity contribution in [1.29, 1.82) is 0 Å². The number of aromatic amines is 1. The highest BCUT2D eigenvalue weighted by Gasteiger charge is 2.21. The summed E-state index contributed by atoms with van der Waals surface area (Å²) in [5, 5.41) is 11.3. The van der Waals surface area contributed by atoms with Crippen LogP contribution in [0.25, 0.3) is 10.9 Å². The van der Waals surface area contributed by atoms with E-state index in [1.165, 1.54) is 5.69 Å². The Balaban J connectivity index is 2.23. The zero-order valence-electron chi connectivity index (χ0n) is 9.99. The lowest BCUT2D eigenvalue weighted by Crippen LogP contribution is -1.96. The highest BCUT2D eigenvalue weighted by atomic mass is 16.5. The summed E-state index contributed by atoms with van der Waals surface area (Å²) in [6, 6.07) is 5.99. The molecule has 90 valence electrons. The Hall–Kier alpha value is -1.48. The standard InChI is InChI=1S/C14H17NO2/c1-17-9-6-7-11-10(8-9)14-12(15-11)4-2-3-5-13(14)16/h6-8,13,15-16H,2-5H2,1H3. The summed E-state index contributed by atoms with van der Waals surface area (Å²) in [4.78, 5) is 3.42. The van der Waals surface area contributed by atoms with Crippen molar-refractivity contribution in [3.63, 3.8) is 0 Å². The number of aryl methyl sites for hydroxylation is 1. The van der Waals surface area contributed by atoms with Gasteiger partial charge >= 0.3 is 0 Å². The van der Waals surface area contributed by atoms with Gasteiger partial charge in [-0.3, -0.25) is 0 Å². The van der Waals surface area contributed by atoms with Gasteiger partial charge < -0.3 is 14.8 Å². The quantitative estimate of drug-likeness (QED) is 0.741. The number of hydrogen-bond acceptors (Lipinski definition) is 2. The fraction of sp³-hybridized carbons (Fsp3) is 0.429. The first-order valence-electron chi connectivity index (χ1n) is 6.16. The lowest BCUT2D eigenvalue weighted by molar-refractivity contribution is 0.168.